The molecule has 0 rings (SSSR count). The highest BCUT2D eigenvalue weighted by Crippen LogP contribution is 2.26. The van der Waals surface area contributed by atoms with Gasteiger partial charge in [-0.3, -0.25) is 0 Å². The lowest BCUT2D eigenvalue weighted by Crippen LogP contribution is -2.11. The van der Waals surface area contributed by atoms with Gasteiger partial charge >= 0.3 is 6.18 Å². The molecule has 0 aliphatic heterocycles. The Hall–Kier alpha value is 0.270. The highest BCUT2D eigenvalue weighted by Gasteiger charge is 2.27. The highest BCUT2D eigenvalue weighted by molar-refractivity contribution is 9.09. The molecule has 0 fully saturated rings. The zero-order valence-electron chi connectivity index (χ0n) is 7.12. The van der Waals surface area contributed by atoms with Gasteiger partial charge in [-0.15, -0.1) is 0 Å². The predicted octanol–water partition coefficient (Wildman–Crippen LogP) is 4.14. The summed E-state index contributed by atoms with van der Waals surface area (Å²) < 4.78 is 35.3. The van der Waals surface area contributed by atoms with E-state index in [9.17, 15) is 13.2 Å². The molecule has 12 heavy (non-hydrogen) atoms. The van der Waals surface area contributed by atoms with Crippen LogP contribution in [0.4, 0.5) is 13.2 Å². The molecule has 0 aliphatic rings. The van der Waals surface area contributed by atoms with E-state index in [0.717, 1.165) is 12.8 Å². The van der Waals surface area contributed by atoms with Gasteiger partial charge in [0.05, 0.1) is 0 Å². The molecule has 0 amide bonds. The van der Waals surface area contributed by atoms with Gasteiger partial charge < -0.3 is 0 Å². The molecule has 0 heterocycles. The van der Waals surface area contributed by atoms with Gasteiger partial charge in [0.25, 0.3) is 0 Å². The van der Waals surface area contributed by atoms with Crippen molar-refractivity contribution in [2.75, 3.05) is 5.33 Å². The predicted molar refractivity (Wildman–Crippen MR) is 47.5 cm³/mol. The molecule has 0 bridgehead atoms. The second-order valence-corrected chi connectivity index (χ2v) is 3.61. The minimum absolute atomic E-state index is 0.177. The first kappa shape index (κ1) is 12.3. The molecule has 74 valence electrons. The van der Waals surface area contributed by atoms with Crippen LogP contribution in [0.1, 0.15) is 32.6 Å². The van der Waals surface area contributed by atoms with Crippen LogP contribution in [-0.4, -0.2) is 11.5 Å². The van der Waals surface area contributed by atoms with Crippen LogP contribution in [0.25, 0.3) is 0 Å². The largest absolute Gasteiger partial charge is 0.389 e. The van der Waals surface area contributed by atoms with E-state index in [4.69, 9.17) is 0 Å². The Morgan fingerprint density at radius 3 is 2.17 bits per heavy atom. The number of halogens is 4. The lowest BCUT2D eigenvalue weighted by Gasteiger charge is -2.13. The van der Waals surface area contributed by atoms with Crippen LogP contribution < -0.4 is 0 Å². The molecule has 0 spiro atoms. The molecular formula is C8H14BrF3. The average Bonchev–Trinajstić information content (AvgIpc) is 1.96. The Kier molecular flexibility index (Phi) is 5.97. The van der Waals surface area contributed by atoms with E-state index < -0.39 is 12.6 Å². The summed E-state index contributed by atoms with van der Waals surface area (Å²) in [6, 6.07) is 0. The van der Waals surface area contributed by atoms with Gasteiger partial charge in [0.15, 0.2) is 0 Å². The van der Waals surface area contributed by atoms with Crippen molar-refractivity contribution >= 4 is 15.9 Å². The Balaban J connectivity index is 3.58. The maximum Gasteiger partial charge on any atom is 0.389 e. The Bertz CT molecular complexity index is 111. The fraction of sp³-hybridized carbons (Fsp3) is 1.00. The topological polar surface area (TPSA) is 0 Å². The molecule has 0 saturated heterocycles. The van der Waals surface area contributed by atoms with Crippen molar-refractivity contribution in [3.63, 3.8) is 0 Å². The van der Waals surface area contributed by atoms with Crippen LogP contribution in [0.3, 0.4) is 0 Å². The number of rotatable bonds is 5. The maximum atomic E-state index is 11.8. The van der Waals surface area contributed by atoms with E-state index >= 15 is 0 Å². The van der Waals surface area contributed by atoms with Gasteiger partial charge in [0.1, 0.15) is 0 Å². The third-order valence-electron chi connectivity index (χ3n) is 1.75. The van der Waals surface area contributed by atoms with Crippen LogP contribution >= 0.6 is 15.9 Å². The summed E-state index contributed by atoms with van der Waals surface area (Å²) in [6.45, 7) is 1.99. The highest BCUT2D eigenvalue weighted by atomic mass is 79.9. The zero-order valence-corrected chi connectivity index (χ0v) is 8.71. The van der Waals surface area contributed by atoms with Crippen LogP contribution in [0, 0.1) is 5.92 Å². The first-order valence-electron chi connectivity index (χ1n) is 4.12. The van der Waals surface area contributed by atoms with Crippen LogP contribution in [0.2, 0.25) is 0 Å². The molecule has 4 heteroatoms. The first-order valence-corrected chi connectivity index (χ1v) is 5.24. The van der Waals surface area contributed by atoms with Crippen molar-refractivity contribution < 1.29 is 13.2 Å². The molecule has 0 radical (unpaired) electrons. The summed E-state index contributed by atoms with van der Waals surface area (Å²) in [5.74, 6) is 0.177. The van der Waals surface area contributed by atoms with E-state index in [1.165, 1.54) is 0 Å². The number of hydrogen-bond donors (Lipinski definition) is 0. The molecule has 0 aliphatic carbocycles. The SMILES string of the molecule is CCCC(CBr)CCC(F)(F)F. The van der Waals surface area contributed by atoms with Gasteiger partial charge in [0, 0.05) is 11.8 Å². The summed E-state index contributed by atoms with van der Waals surface area (Å²) in [5, 5.41) is 0.678. The molecule has 0 aromatic heterocycles. The van der Waals surface area contributed by atoms with E-state index in [-0.39, 0.29) is 12.3 Å². The Morgan fingerprint density at radius 1 is 1.25 bits per heavy atom. The van der Waals surface area contributed by atoms with E-state index in [1.54, 1.807) is 0 Å². The van der Waals surface area contributed by atoms with Gasteiger partial charge in [0.2, 0.25) is 0 Å². The molecule has 1 atom stereocenters. The van der Waals surface area contributed by atoms with Crippen molar-refractivity contribution in [1.82, 2.24) is 0 Å². The lowest BCUT2D eigenvalue weighted by molar-refractivity contribution is -0.137. The van der Waals surface area contributed by atoms with Crippen molar-refractivity contribution in [3.05, 3.63) is 0 Å². The third kappa shape index (κ3) is 6.95. The Labute approximate surface area is 79.7 Å². The fourth-order valence-corrected chi connectivity index (χ4v) is 1.72. The van der Waals surface area contributed by atoms with E-state index in [1.807, 2.05) is 6.92 Å². The van der Waals surface area contributed by atoms with Crippen LogP contribution in [0.5, 0.6) is 0 Å². The smallest absolute Gasteiger partial charge is 0.171 e. The van der Waals surface area contributed by atoms with Crippen LogP contribution in [-0.2, 0) is 0 Å². The summed E-state index contributed by atoms with van der Waals surface area (Å²) in [4.78, 5) is 0. The third-order valence-corrected chi connectivity index (χ3v) is 2.67. The minimum Gasteiger partial charge on any atom is -0.171 e. The standard InChI is InChI=1S/C8H14BrF3/c1-2-3-7(6-9)4-5-8(10,11)12/h7H,2-6H2,1H3. The van der Waals surface area contributed by atoms with E-state index in [2.05, 4.69) is 15.9 Å². The second kappa shape index (κ2) is 5.84. The van der Waals surface area contributed by atoms with Crippen LogP contribution in [0.15, 0.2) is 0 Å². The molecule has 0 nitrogen and oxygen atoms in total. The Morgan fingerprint density at radius 2 is 1.83 bits per heavy atom. The zero-order chi connectivity index (χ0) is 9.61. The van der Waals surface area contributed by atoms with Crippen molar-refractivity contribution in [2.24, 2.45) is 5.92 Å². The molecule has 0 N–H and O–H groups in total. The fourth-order valence-electron chi connectivity index (χ4n) is 1.07. The monoisotopic (exact) mass is 246 g/mol. The second-order valence-electron chi connectivity index (χ2n) is 2.96. The molecule has 0 saturated carbocycles. The normalized spacial score (nSPS) is 14.8. The van der Waals surface area contributed by atoms with Gasteiger partial charge in [-0.2, -0.15) is 13.2 Å². The molecule has 0 aromatic rings. The summed E-state index contributed by atoms with van der Waals surface area (Å²) in [6.07, 6.45) is -2.56. The molecular weight excluding hydrogens is 233 g/mol. The quantitative estimate of drug-likeness (QED) is 0.640. The lowest BCUT2D eigenvalue weighted by atomic mass is 10.0. The average molecular weight is 247 g/mol. The van der Waals surface area contributed by atoms with E-state index in [0.29, 0.717) is 5.33 Å². The van der Waals surface area contributed by atoms with Gasteiger partial charge in [-0.1, -0.05) is 29.3 Å². The maximum absolute atomic E-state index is 11.8. The summed E-state index contributed by atoms with van der Waals surface area (Å²) in [5.41, 5.74) is 0. The minimum atomic E-state index is -3.99. The summed E-state index contributed by atoms with van der Waals surface area (Å²) in [7, 11) is 0. The number of alkyl halides is 4. The first-order chi connectivity index (χ1) is 5.49. The molecule has 1 unspecified atom stereocenters. The van der Waals surface area contributed by atoms with Gasteiger partial charge in [-0.25, -0.2) is 0 Å². The van der Waals surface area contributed by atoms with Crippen molar-refractivity contribution in [2.45, 2.75) is 38.8 Å². The van der Waals surface area contributed by atoms with Crippen molar-refractivity contribution in [1.29, 1.82) is 0 Å². The molecule has 0 aromatic carbocycles. The van der Waals surface area contributed by atoms with Crippen molar-refractivity contribution in [3.8, 4) is 0 Å². The van der Waals surface area contributed by atoms with Gasteiger partial charge in [-0.05, 0) is 18.8 Å². The number of hydrogen-bond acceptors (Lipinski definition) is 0. The summed E-state index contributed by atoms with van der Waals surface area (Å²) >= 11 is 3.22.